The quantitative estimate of drug-likeness (QED) is 0.428. The van der Waals surface area contributed by atoms with Crippen LogP contribution in [-0.4, -0.2) is 59.8 Å². The normalized spacial score (nSPS) is 18.5. The van der Waals surface area contributed by atoms with Gasteiger partial charge in [0.15, 0.2) is 0 Å². The van der Waals surface area contributed by atoms with E-state index in [1.54, 1.807) is 19.2 Å². The Labute approximate surface area is 205 Å². The number of nitrogens with one attached hydrogen (secondary N) is 2. The summed E-state index contributed by atoms with van der Waals surface area (Å²) in [5, 5.41) is 12.4. The van der Waals surface area contributed by atoms with Gasteiger partial charge in [-0.15, -0.1) is 0 Å². The zero-order valence-corrected chi connectivity index (χ0v) is 20.5. The average molecular weight is 480 g/mol. The second-order valence-electron chi connectivity index (χ2n) is 8.93. The standard InChI is InChI=1S/C27H33N3O5/c1-4-35-20-10-12-30(16-22-21-9-11-28-26(21)17(2)13-24(22)34-3)23(14-20)18-5-7-19(8-6-18)27(33)29-15-25(31)32/h5-9,11,13,20,23,28H,4,10,12,14-16H2,1-3H3,(H,29,33)(H,31,32)/t20-,23+/m1/s1. The van der Waals surface area contributed by atoms with Gasteiger partial charge in [-0.25, -0.2) is 0 Å². The molecule has 1 fully saturated rings. The molecule has 2 aromatic carbocycles. The number of H-pyrrole nitrogens is 1. The maximum absolute atomic E-state index is 12.3. The summed E-state index contributed by atoms with van der Waals surface area (Å²) in [5.41, 5.74) is 4.96. The van der Waals surface area contributed by atoms with Gasteiger partial charge in [-0.3, -0.25) is 14.5 Å². The summed E-state index contributed by atoms with van der Waals surface area (Å²) in [6, 6.07) is 11.7. The van der Waals surface area contributed by atoms with Gasteiger partial charge in [-0.1, -0.05) is 12.1 Å². The number of aliphatic carboxylic acids is 1. The number of ether oxygens (including phenoxy) is 2. The first-order valence-electron chi connectivity index (χ1n) is 12.0. The molecule has 8 nitrogen and oxygen atoms in total. The molecule has 0 radical (unpaired) electrons. The largest absolute Gasteiger partial charge is 0.496 e. The second kappa shape index (κ2) is 10.9. The highest BCUT2D eigenvalue weighted by molar-refractivity contribution is 5.95. The molecule has 0 bridgehead atoms. The molecule has 1 amide bonds. The number of carboxylic acid groups (broad SMARTS) is 1. The van der Waals surface area contributed by atoms with Crippen molar-refractivity contribution in [3.8, 4) is 5.75 Å². The Bertz CT molecular complexity index is 1190. The summed E-state index contributed by atoms with van der Waals surface area (Å²) in [5.74, 6) is -0.588. The van der Waals surface area contributed by atoms with Gasteiger partial charge in [0, 0.05) is 54.0 Å². The van der Waals surface area contributed by atoms with Crippen LogP contribution in [0.25, 0.3) is 10.9 Å². The summed E-state index contributed by atoms with van der Waals surface area (Å²) in [6.07, 6.45) is 3.94. The number of benzene rings is 2. The predicted octanol–water partition coefficient (Wildman–Crippen LogP) is 4.04. The van der Waals surface area contributed by atoms with Crippen molar-refractivity contribution in [2.24, 2.45) is 0 Å². The molecule has 1 aliphatic rings. The van der Waals surface area contributed by atoms with Crippen LogP contribution in [0.2, 0.25) is 0 Å². The fourth-order valence-electron chi connectivity index (χ4n) is 5.00. The minimum absolute atomic E-state index is 0.108. The first-order valence-corrected chi connectivity index (χ1v) is 12.0. The van der Waals surface area contributed by atoms with E-state index in [0.29, 0.717) is 12.2 Å². The Morgan fingerprint density at radius 3 is 2.69 bits per heavy atom. The number of piperidine rings is 1. The Kier molecular flexibility index (Phi) is 7.73. The number of carboxylic acids is 1. The molecule has 2 atom stereocenters. The van der Waals surface area contributed by atoms with Crippen molar-refractivity contribution in [1.29, 1.82) is 0 Å². The number of amides is 1. The molecule has 1 aliphatic heterocycles. The topological polar surface area (TPSA) is 104 Å². The van der Waals surface area contributed by atoms with E-state index in [0.717, 1.165) is 59.3 Å². The summed E-state index contributed by atoms with van der Waals surface area (Å²) in [6.45, 7) is 5.97. The monoisotopic (exact) mass is 479 g/mol. The van der Waals surface area contributed by atoms with Crippen LogP contribution in [0.5, 0.6) is 5.75 Å². The van der Waals surface area contributed by atoms with Crippen LogP contribution in [0.3, 0.4) is 0 Å². The van der Waals surface area contributed by atoms with Crippen LogP contribution in [0, 0.1) is 6.92 Å². The minimum atomic E-state index is -1.07. The summed E-state index contributed by atoms with van der Waals surface area (Å²) in [4.78, 5) is 28.8. The molecule has 3 N–H and O–H groups in total. The molecule has 0 aliphatic carbocycles. The van der Waals surface area contributed by atoms with Gasteiger partial charge in [0.2, 0.25) is 0 Å². The Hall–Kier alpha value is -3.36. The third-order valence-electron chi connectivity index (χ3n) is 6.72. The zero-order valence-electron chi connectivity index (χ0n) is 20.5. The highest BCUT2D eigenvalue weighted by Gasteiger charge is 2.31. The number of carbonyl (C=O) groups is 2. The van der Waals surface area contributed by atoms with Crippen LogP contribution in [0.15, 0.2) is 42.6 Å². The van der Waals surface area contributed by atoms with Crippen LogP contribution in [-0.2, 0) is 16.1 Å². The van der Waals surface area contributed by atoms with E-state index in [1.807, 2.05) is 25.3 Å². The molecule has 35 heavy (non-hydrogen) atoms. The van der Waals surface area contributed by atoms with Crippen molar-refractivity contribution in [1.82, 2.24) is 15.2 Å². The van der Waals surface area contributed by atoms with Crippen molar-refractivity contribution in [2.45, 2.75) is 45.4 Å². The molecule has 0 saturated carbocycles. The molecule has 1 saturated heterocycles. The lowest BCUT2D eigenvalue weighted by atomic mass is 9.91. The van der Waals surface area contributed by atoms with Crippen LogP contribution in [0.4, 0.5) is 0 Å². The number of aromatic nitrogens is 1. The van der Waals surface area contributed by atoms with Crippen molar-refractivity contribution in [3.05, 3.63) is 64.8 Å². The van der Waals surface area contributed by atoms with E-state index < -0.39 is 18.4 Å². The first kappa shape index (κ1) is 24.8. The lowest BCUT2D eigenvalue weighted by molar-refractivity contribution is -0.135. The van der Waals surface area contributed by atoms with E-state index in [2.05, 4.69) is 34.3 Å². The van der Waals surface area contributed by atoms with Gasteiger partial charge in [0.25, 0.3) is 5.91 Å². The van der Waals surface area contributed by atoms with E-state index in [4.69, 9.17) is 14.6 Å². The van der Waals surface area contributed by atoms with Crippen LogP contribution >= 0.6 is 0 Å². The number of hydrogen-bond acceptors (Lipinski definition) is 5. The maximum atomic E-state index is 12.3. The molecule has 3 aromatic rings. The van der Waals surface area contributed by atoms with Crippen molar-refractivity contribution in [2.75, 3.05) is 26.8 Å². The van der Waals surface area contributed by atoms with Gasteiger partial charge < -0.3 is 24.9 Å². The fraction of sp³-hybridized carbons (Fsp3) is 0.407. The van der Waals surface area contributed by atoms with Crippen LogP contribution in [0.1, 0.15) is 52.9 Å². The van der Waals surface area contributed by atoms with E-state index in [9.17, 15) is 9.59 Å². The smallest absolute Gasteiger partial charge is 0.322 e. The summed E-state index contributed by atoms with van der Waals surface area (Å²) < 4.78 is 11.8. The number of aryl methyl sites for hydroxylation is 1. The number of carbonyl (C=O) groups excluding carboxylic acids is 1. The molecule has 2 heterocycles. The van der Waals surface area contributed by atoms with Gasteiger partial charge in [-0.2, -0.15) is 0 Å². The number of nitrogens with zero attached hydrogens (tertiary/aromatic N) is 1. The number of rotatable bonds is 9. The number of aromatic amines is 1. The Morgan fingerprint density at radius 1 is 1.23 bits per heavy atom. The first-order chi connectivity index (χ1) is 16.9. The Balaban J connectivity index is 1.62. The van der Waals surface area contributed by atoms with E-state index in [1.165, 1.54) is 0 Å². The summed E-state index contributed by atoms with van der Waals surface area (Å²) in [7, 11) is 1.71. The predicted molar refractivity (Wildman–Crippen MR) is 134 cm³/mol. The maximum Gasteiger partial charge on any atom is 0.322 e. The van der Waals surface area contributed by atoms with Gasteiger partial charge in [0.1, 0.15) is 12.3 Å². The van der Waals surface area contributed by atoms with E-state index in [-0.39, 0.29) is 12.1 Å². The molecular weight excluding hydrogens is 446 g/mol. The lowest BCUT2D eigenvalue weighted by Crippen LogP contribution is -2.39. The second-order valence-corrected chi connectivity index (χ2v) is 8.93. The van der Waals surface area contributed by atoms with Crippen molar-refractivity contribution < 1.29 is 24.2 Å². The van der Waals surface area contributed by atoms with Crippen molar-refractivity contribution in [3.63, 3.8) is 0 Å². The van der Waals surface area contributed by atoms with Gasteiger partial charge >= 0.3 is 5.97 Å². The van der Waals surface area contributed by atoms with Gasteiger partial charge in [0.05, 0.1) is 13.2 Å². The number of likely N-dealkylation sites (tertiary alicyclic amines) is 1. The molecule has 186 valence electrons. The molecule has 4 rings (SSSR count). The molecular formula is C27H33N3O5. The lowest BCUT2D eigenvalue weighted by Gasteiger charge is -2.40. The fourth-order valence-corrected chi connectivity index (χ4v) is 5.00. The summed E-state index contributed by atoms with van der Waals surface area (Å²) >= 11 is 0. The zero-order chi connectivity index (χ0) is 24.9. The van der Waals surface area contributed by atoms with Crippen molar-refractivity contribution >= 4 is 22.8 Å². The van der Waals surface area contributed by atoms with E-state index >= 15 is 0 Å². The number of fused-ring (bicyclic) bond motifs is 1. The Morgan fingerprint density at radius 2 is 2.00 bits per heavy atom. The molecule has 0 spiro atoms. The van der Waals surface area contributed by atoms with Crippen LogP contribution < -0.4 is 10.1 Å². The third-order valence-corrected chi connectivity index (χ3v) is 6.72. The highest BCUT2D eigenvalue weighted by Crippen LogP contribution is 2.37. The SMILES string of the molecule is CCO[C@@H]1CCN(Cc2c(OC)cc(C)c3[nH]ccc23)[C@H](c2ccc(C(=O)NCC(=O)O)cc2)C1. The number of hydrogen-bond donors (Lipinski definition) is 3. The molecule has 0 unspecified atom stereocenters. The van der Waals surface area contributed by atoms with Gasteiger partial charge in [-0.05, 0) is 62.1 Å². The minimum Gasteiger partial charge on any atom is -0.496 e. The average Bonchev–Trinajstić information content (AvgIpc) is 3.36. The third kappa shape index (κ3) is 5.49. The molecule has 8 heteroatoms. The number of methoxy groups -OCH3 is 1. The molecule has 1 aromatic heterocycles. The highest BCUT2D eigenvalue weighted by atomic mass is 16.5.